The first-order valence-electron chi connectivity index (χ1n) is 9.09. The minimum atomic E-state index is 0.0209. The number of rotatable bonds is 1. The second-order valence-corrected chi connectivity index (χ2v) is 9.82. The third-order valence-corrected chi connectivity index (χ3v) is 7.18. The van der Waals surface area contributed by atoms with E-state index in [4.69, 9.17) is 0 Å². The van der Waals surface area contributed by atoms with Gasteiger partial charge in [-0.15, -0.1) is 0 Å². The minimum Gasteiger partial charge on any atom is -0.0616 e. The molecule has 1 aliphatic rings. The zero-order chi connectivity index (χ0) is 18.8. The van der Waals surface area contributed by atoms with Gasteiger partial charge in [-0.1, -0.05) is 78.3 Å². The molecule has 0 fully saturated rings. The lowest BCUT2D eigenvalue weighted by atomic mass is 9.81. The molecule has 2 heteroatoms. The summed E-state index contributed by atoms with van der Waals surface area (Å²) >= 11 is 6.11. The highest BCUT2D eigenvalue weighted by molar-refractivity contribution is 14.1. The molecule has 0 saturated heterocycles. The molecule has 4 aromatic carbocycles. The average Bonchev–Trinajstić information content (AvgIpc) is 2.89. The molecule has 5 rings (SSSR count). The van der Waals surface area contributed by atoms with Gasteiger partial charge in [-0.25, -0.2) is 0 Å². The second kappa shape index (κ2) is 6.18. The topological polar surface area (TPSA) is 0 Å². The van der Waals surface area contributed by atoms with Crippen molar-refractivity contribution in [2.24, 2.45) is 0 Å². The third-order valence-electron chi connectivity index (χ3n) is 5.82. The van der Waals surface area contributed by atoms with Crippen LogP contribution in [0.15, 0.2) is 77.3 Å². The Kier molecular flexibility index (Phi) is 3.99. The molecule has 0 nitrogen and oxygen atoms in total. The molecule has 132 valence electrons. The predicted octanol–water partition coefficient (Wildman–Crippen LogP) is 8.18. The summed E-state index contributed by atoms with van der Waals surface area (Å²) in [5, 5.41) is 2.54. The second-order valence-electron chi connectivity index (χ2n) is 7.72. The average molecular weight is 525 g/mol. The van der Waals surface area contributed by atoms with Crippen molar-refractivity contribution >= 4 is 49.3 Å². The van der Waals surface area contributed by atoms with E-state index in [1.165, 1.54) is 47.7 Å². The Balaban J connectivity index is 1.75. The SMILES string of the molecule is CC1(C)c2cc(I)ccc2-c2ccc(-c3ccc(Br)c4ccccc34)cc21. The van der Waals surface area contributed by atoms with Gasteiger partial charge in [0.05, 0.1) is 0 Å². The van der Waals surface area contributed by atoms with E-state index in [0.29, 0.717) is 0 Å². The van der Waals surface area contributed by atoms with Gasteiger partial charge in [0.25, 0.3) is 0 Å². The van der Waals surface area contributed by atoms with Gasteiger partial charge in [0.15, 0.2) is 0 Å². The molecule has 4 aromatic rings. The van der Waals surface area contributed by atoms with Crippen molar-refractivity contribution in [2.45, 2.75) is 19.3 Å². The van der Waals surface area contributed by atoms with Crippen LogP contribution in [0, 0.1) is 3.57 Å². The molecule has 1 aliphatic carbocycles. The number of fused-ring (bicyclic) bond motifs is 4. The molecule has 0 aromatic heterocycles. The Hall–Kier alpha value is -1.65. The quantitative estimate of drug-likeness (QED) is 0.220. The van der Waals surface area contributed by atoms with E-state index in [-0.39, 0.29) is 5.41 Å². The Morgan fingerprint density at radius 2 is 1.33 bits per heavy atom. The van der Waals surface area contributed by atoms with Crippen LogP contribution in [0.5, 0.6) is 0 Å². The first-order chi connectivity index (χ1) is 13.0. The fourth-order valence-electron chi connectivity index (χ4n) is 4.39. The van der Waals surface area contributed by atoms with Crippen molar-refractivity contribution in [1.82, 2.24) is 0 Å². The highest BCUT2D eigenvalue weighted by Crippen LogP contribution is 2.50. The van der Waals surface area contributed by atoms with Gasteiger partial charge in [0, 0.05) is 13.5 Å². The molecule has 0 atom stereocenters. The summed E-state index contributed by atoms with van der Waals surface area (Å²) in [4.78, 5) is 0. The van der Waals surface area contributed by atoms with Crippen molar-refractivity contribution in [1.29, 1.82) is 0 Å². The zero-order valence-corrected chi connectivity index (χ0v) is 18.9. The first-order valence-corrected chi connectivity index (χ1v) is 11.0. The van der Waals surface area contributed by atoms with Gasteiger partial charge in [-0.05, 0) is 91.0 Å². The summed E-state index contributed by atoms with van der Waals surface area (Å²) < 4.78 is 2.44. The lowest BCUT2D eigenvalue weighted by Gasteiger charge is -2.22. The van der Waals surface area contributed by atoms with E-state index in [2.05, 4.69) is 125 Å². The summed E-state index contributed by atoms with van der Waals surface area (Å²) in [5.41, 5.74) is 8.20. The Bertz CT molecular complexity index is 1220. The van der Waals surface area contributed by atoms with Crippen LogP contribution in [-0.4, -0.2) is 0 Å². The highest BCUT2D eigenvalue weighted by Gasteiger charge is 2.35. The lowest BCUT2D eigenvalue weighted by molar-refractivity contribution is 0.660. The van der Waals surface area contributed by atoms with Crippen LogP contribution in [-0.2, 0) is 5.41 Å². The smallest absolute Gasteiger partial charge is 0.0254 e. The molecule has 0 radical (unpaired) electrons. The Morgan fingerprint density at radius 1 is 0.704 bits per heavy atom. The maximum atomic E-state index is 3.70. The maximum Gasteiger partial charge on any atom is 0.0254 e. The van der Waals surface area contributed by atoms with Gasteiger partial charge in [0.2, 0.25) is 0 Å². The normalized spacial score (nSPS) is 14.2. The summed E-state index contributed by atoms with van der Waals surface area (Å²) in [6.07, 6.45) is 0. The number of hydrogen-bond acceptors (Lipinski definition) is 0. The molecule has 0 spiro atoms. The summed E-state index contributed by atoms with van der Waals surface area (Å²) in [6, 6.07) is 26.8. The molecule has 0 aliphatic heterocycles. The fourth-order valence-corrected chi connectivity index (χ4v) is 5.36. The van der Waals surface area contributed by atoms with Crippen LogP contribution in [0.4, 0.5) is 0 Å². The third kappa shape index (κ3) is 2.60. The van der Waals surface area contributed by atoms with Gasteiger partial charge < -0.3 is 0 Å². The summed E-state index contributed by atoms with van der Waals surface area (Å²) in [5.74, 6) is 0. The van der Waals surface area contributed by atoms with E-state index >= 15 is 0 Å². The number of hydrogen-bond donors (Lipinski definition) is 0. The summed E-state index contributed by atoms with van der Waals surface area (Å²) in [6.45, 7) is 4.69. The van der Waals surface area contributed by atoms with E-state index in [0.717, 1.165) is 4.47 Å². The van der Waals surface area contributed by atoms with Crippen LogP contribution in [0.1, 0.15) is 25.0 Å². The monoisotopic (exact) mass is 524 g/mol. The van der Waals surface area contributed by atoms with E-state index in [1.807, 2.05) is 0 Å². The number of benzene rings is 4. The van der Waals surface area contributed by atoms with E-state index in [1.54, 1.807) is 0 Å². The van der Waals surface area contributed by atoms with Crippen LogP contribution >= 0.6 is 38.5 Å². The van der Waals surface area contributed by atoms with Gasteiger partial charge in [-0.2, -0.15) is 0 Å². The zero-order valence-electron chi connectivity index (χ0n) is 15.2. The number of halogens is 2. The van der Waals surface area contributed by atoms with E-state index in [9.17, 15) is 0 Å². The Morgan fingerprint density at radius 3 is 2.11 bits per heavy atom. The van der Waals surface area contributed by atoms with Crippen LogP contribution in [0.25, 0.3) is 33.0 Å². The maximum absolute atomic E-state index is 3.70. The van der Waals surface area contributed by atoms with Gasteiger partial charge in [-0.3, -0.25) is 0 Å². The van der Waals surface area contributed by atoms with Crippen molar-refractivity contribution in [3.8, 4) is 22.3 Å². The molecule has 0 bridgehead atoms. The van der Waals surface area contributed by atoms with Gasteiger partial charge >= 0.3 is 0 Å². The lowest BCUT2D eigenvalue weighted by Crippen LogP contribution is -2.15. The minimum absolute atomic E-state index is 0.0209. The Labute approximate surface area is 181 Å². The van der Waals surface area contributed by atoms with Crippen LogP contribution in [0.3, 0.4) is 0 Å². The molecular weight excluding hydrogens is 507 g/mol. The first kappa shape index (κ1) is 17.4. The van der Waals surface area contributed by atoms with Crippen molar-refractivity contribution in [3.63, 3.8) is 0 Å². The molecular formula is C25H18BrI. The molecule has 0 unspecified atom stereocenters. The highest BCUT2D eigenvalue weighted by atomic mass is 127. The predicted molar refractivity (Wildman–Crippen MR) is 127 cm³/mol. The molecule has 0 saturated carbocycles. The molecule has 27 heavy (non-hydrogen) atoms. The van der Waals surface area contributed by atoms with Crippen molar-refractivity contribution in [3.05, 3.63) is 92.0 Å². The van der Waals surface area contributed by atoms with Crippen molar-refractivity contribution < 1.29 is 0 Å². The molecule has 0 amide bonds. The largest absolute Gasteiger partial charge is 0.0616 e. The van der Waals surface area contributed by atoms with Crippen molar-refractivity contribution in [2.75, 3.05) is 0 Å². The van der Waals surface area contributed by atoms with Crippen LogP contribution in [0.2, 0.25) is 0 Å². The molecule has 0 heterocycles. The van der Waals surface area contributed by atoms with E-state index < -0.39 is 0 Å². The molecule has 0 N–H and O–H groups in total. The standard InChI is InChI=1S/C25H18BrI/c1-25(2)22-13-15(7-9-19(22)20-10-8-16(27)14-23(20)25)17-11-12-24(26)21-6-4-3-5-18(17)21/h3-14H,1-2H3. The van der Waals surface area contributed by atoms with Crippen LogP contribution < -0.4 is 0 Å². The van der Waals surface area contributed by atoms with Gasteiger partial charge in [0.1, 0.15) is 0 Å². The fraction of sp³-hybridized carbons (Fsp3) is 0.120. The summed E-state index contributed by atoms with van der Waals surface area (Å²) in [7, 11) is 0.